The molecule has 0 fully saturated rings. The Kier molecular flexibility index (Phi) is 8.18. The molecule has 0 aliphatic rings. The second-order valence-corrected chi connectivity index (χ2v) is 5.86. The maximum atomic E-state index is 11.8. The fraction of sp³-hybridized carbons (Fsp3) is 0.200. The van der Waals surface area contributed by atoms with Crippen LogP contribution in [0.3, 0.4) is 0 Å². The minimum atomic E-state index is -0.873. The molecule has 0 heterocycles. The number of nitrogens with two attached hydrogens (primary N) is 1. The van der Waals surface area contributed by atoms with Crippen LogP contribution in [0, 0.1) is 0 Å². The van der Waals surface area contributed by atoms with E-state index in [0.717, 1.165) is 5.56 Å². The average molecular weight is 398 g/mol. The molecule has 2 aromatic rings. The topological polar surface area (TPSA) is 132 Å². The lowest BCUT2D eigenvalue weighted by molar-refractivity contribution is -0.139. The number of methoxy groups -OCH3 is 1. The van der Waals surface area contributed by atoms with Gasteiger partial charge in [0.1, 0.15) is 0 Å². The van der Waals surface area contributed by atoms with Crippen LogP contribution in [0.25, 0.3) is 0 Å². The Labute approximate surface area is 167 Å². The molecule has 0 aliphatic heterocycles. The van der Waals surface area contributed by atoms with Gasteiger partial charge in [0.25, 0.3) is 5.91 Å². The zero-order valence-electron chi connectivity index (χ0n) is 15.9. The van der Waals surface area contributed by atoms with Crippen molar-refractivity contribution in [3.63, 3.8) is 0 Å². The van der Waals surface area contributed by atoms with Gasteiger partial charge in [-0.2, -0.15) is 5.10 Å². The van der Waals surface area contributed by atoms with Crippen LogP contribution in [0.1, 0.15) is 11.1 Å². The fourth-order valence-electron chi connectivity index (χ4n) is 2.29. The first-order valence-electron chi connectivity index (χ1n) is 8.74. The summed E-state index contributed by atoms with van der Waals surface area (Å²) in [7, 11) is 1.44. The summed E-state index contributed by atoms with van der Waals surface area (Å²) in [5.74, 6) is -1.55. The maximum absolute atomic E-state index is 11.8. The Morgan fingerprint density at radius 2 is 1.83 bits per heavy atom. The first kappa shape index (κ1) is 21.4. The molecule has 0 radical (unpaired) electrons. The van der Waals surface area contributed by atoms with Crippen molar-refractivity contribution >= 4 is 23.9 Å². The number of rotatable bonds is 9. The Balaban J connectivity index is 1.82. The number of nitrogens with one attached hydrogen (secondary N) is 2. The molecule has 9 heteroatoms. The molecule has 0 aliphatic carbocycles. The second-order valence-electron chi connectivity index (χ2n) is 5.86. The molecule has 0 spiro atoms. The van der Waals surface area contributed by atoms with Gasteiger partial charge < -0.3 is 20.5 Å². The van der Waals surface area contributed by atoms with Gasteiger partial charge in [-0.3, -0.25) is 14.4 Å². The highest BCUT2D eigenvalue weighted by atomic mass is 16.5. The van der Waals surface area contributed by atoms with Gasteiger partial charge in [-0.15, -0.1) is 0 Å². The van der Waals surface area contributed by atoms with Gasteiger partial charge in [0, 0.05) is 6.54 Å². The molecular formula is C20H22N4O5. The molecule has 4 N–H and O–H groups in total. The lowest BCUT2D eigenvalue weighted by atomic mass is 10.1. The highest BCUT2D eigenvalue weighted by Gasteiger charge is 2.11. The predicted octanol–water partition coefficient (Wildman–Crippen LogP) is 0.368. The van der Waals surface area contributed by atoms with Crippen molar-refractivity contribution in [1.29, 1.82) is 0 Å². The number of hydrogen-bond acceptors (Lipinski definition) is 6. The van der Waals surface area contributed by atoms with Crippen molar-refractivity contribution in [3.05, 3.63) is 59.7 Å². The van der Waals surface area contributed by atoms with Gasteiger partial charge >= 0.3 is 11.8 Å². The molecule has 0 bridgehead atoms. The molecule has 0 saturated carbocycles. The van der Waals surface area contributed by atoms with Crippen molar-refractivity contribution in [2.75, 3.05) is 20.3 Å². The molecule has 0 unspecified atom stereocenters. The van der Waals surface area contributed by atoms with E-state index in [1.54, 1.807) is 18.2 Å². The lowest BCUT2D eigenvalue weighted by Crippen LogP contribution is -2.38. The lowest BCUT2D eigenvalue weighted by Gasteiger charge is -2.09. The van der Waals surface area contributed by atoms with E-state index < -0.39 is 17.7 Å². The standard InChI is InChI=1S/C20H22N4O5/c1-28-17-11-15(7-8-16(17)29-13-18(21)25)12-23-24-20(27)19(26)22-10-9-14-5-3-2-4-6-14/h2-8,11-12H,9-10,13H2,1H3,(H2,21,25)(H,22,26)(H,24,27)/b23-12-. The number of amides is 3. The molecule has 0 atom stereocenters. The highest BCUT2D eigenvalue weighted by molar-refractivity contribution is 6.35. The monoisotopic (exact) mass is 398 g/mol. The summed E-state index contributed by atoms with van der Waals surface area (Å²) in [4.78, 5) is 34.4. The number of hydrazone groups is 1. The molecular weight excluding hydrogens is 376 g/mol. The number of hydrogen-bond donors (Lipinski definition) is 3. The molecule has 2 rings (SSSR count). The van der Waals surface area contributed by atoms with E-state index in [2.05, 4.69) is 15.8 Å². The molecule has 152 valence electrons. The molecule has 0 aromatic heterocycles. The fourth-order valence-corrected chi connectivity index (χ4v) is 2.29. The van der Waals surface area contributed by atoms with Crippen molar-refractivity contribution in [2.24, 2.45) is 10.8 Å². The van der Waals surface area contributed by atoms with Gasteiger partial charge in [-0.25, -0.2) is 5.43 Å². The van der Waals surface area contributed by atoms with Crippen molar-refractivity contribution in [1.82, 2.24) is 10.7 Å². The first-order chi connectivity index (χ1) is 14.0. The Morgan fingerprint density at radius 1 is 1.07 bits per heavy atom. The third-order valence-corrected chi connectivity index (χ3v) is 3.69. The SMILES string of the molecule is COc1cc(/C=N\NC(=O)C(=O)NCCc2ccccc2)ccc1OCC(N)=O. The summed E-state index contributed by atoms with van der Waals surface area (Å²) in [6.45, 7) is 0.0587. The molecule has 9 nitrogen and oxygen atoms in total. The molecule has 2 aromatic carbocycles. The normalized spacial score (nSPS) is 10.4. The average Bonchev–Trinajstić information content (AvgIpc) is 2.73. The highest BCUT2D eigenvalue weighted by Crippen LogP contribution is 2.27. The van der Waals surface area contributed by atoms with Crippen molar-refractivity contribution in [2.45, 2.75) is 6.42 Å². The largest absolute Gasteiger partial charge is 0.493 e. The van der Waals surface area contributed by atoms with Crippen LogP contribution in [0.4, 0.5) is 0 Å². The van der Waals surface area contributed by atoms with Crippen LogP contribution in [0.5, 0.6) is 11.5 Å². The van der Waals surface area contributed by atoms with Crippen molar-refractivity contribution in [3.8, 4) is 11.5 Å². The van der Waals surface area contributed by atoms with E-state index in [1.165, 1.54) is 13.3 Å². The van der Waals surface area contributed by atoms with E-state index in [-0.39, 0.29) is 6.61 Å². The number of carbonyl (C=O) groups excluding carboxylic acids is 3. The third-order valence-electron chi connectivity index (χ3n) is 3.69. The predicted molar refractivity (Wildman–Crippen MR) is 107 cm³/mol. The zero-order chi connectivity index (χ0) is 21.1. The maximum Gasteiger partial charge on any atom is 0.329 e. The minimum Gasteiger partial charge on any atom is -0.493 e. The molecule has 29 heavy (non-hydrogen) atoms. The van der Waals surface area contributed by atoms with E-state index in [4.69, 9.17) is 15.2 Å². The number of nitrogens with zero attached hydrogens (tertiary/aromatic N) is 1. The van der Waals surface area contributed by atoms with Gasteiger partial charge in [0.05, 0.1) is 13.3 Å². The molecule has 3 amide bonds. The molecule has 0 saturated heterocycles. The van der Waals surface area contributed by atoms with E-state index in [0.29, 0.717) is 30.0 Å². The van der Waals surface area contributed by atoms with Gasteiger partial charge in [-0.1, -0.05) is 30.3 Å². The minimum absolute atomic E-state index is 0.279. The number of ether oxygens (including phenoxy) is 2. The van der Waals surface area contributed by atoms with E-state index in [9.17, 15) is 14.4 Å². The summed E-state index contributed by atoms with van der Waals surface area (Å²) >= 11 is 0. The van der Waals surface area contributed by atoms with E-state index >= 15 is 0 Å². The van der Waals surface area contributed by atoms with Gasteiger partial charge in [-0.05, 0) is 35.7 Å². The summed E-state index contributed by atoms with van der Waals surface area (Å²) in [6.07, 6.45) is 1.96. The zero-order valence-corrected chi connectivity index (χ0v) is 15.9. The van der Waals surface area contributed by atoms with Crippen LogP contribution >= 0.6 is 0 Å². The Hall–Kier alpha value is -3.88. The van der Waals surface area contributed by atoms with Crippen LogP contribution in [0.2, 0.25) is 0 Å². The smallest absolute Gasteiger partial charge is 0.329 e. The van der Waals surface area contributed by atoms with Crippen LogP contribution in [-0.4, -0.2) is 44.2 Å². The quantitative estimate of drug-likeness (QED) is 0.319. The first-order valence-corrected chi connectivity index (χ1v) is 8.74. The Morgan fingerprint density at radius 3 is 2.52 bits per heavy atom. The van der Waals surface area contributed by atoms with Crippen LogP contribution < -0.4 is 25.9 Å². The summed E-state index contributed by atoms with van der Waals surface area (Å²) in [6, 6.07) is 14.4. The Bertz CT molecular complexity index is 884. The van der Waals surface area contributed by atoms with Crippen molar-refractivity contribution < 1.29 is 23.9 Å². The summed E-state index contributed by atoms with van der Waals surface area (Å²) in [5.41, 5.74) is 8.84. The number of benzene rings is 2. The second kappa shape index (κ2) is 11.1. The van der Waals surface area contributed by atoms with Crippen LogP contribution in [-0.2, 0) is 20.8 Å². The summed E-state index contributed by atoms with van der Waals surface area (Å²) < 4.78 is 10.4. The van der Waals surface area contributed by atoms with Gasteiger partial charge in [0.2, 0.25) is 0 Å². The van der Waals surface area contributed by atoms with Gasteiger partial charge in [0.15, 0.2) is 18.1 Å². The van der Waals surface area contributed by atoms with Crippen LogP contribution in [0.15, 0.2) is 53.6 Å². The van der Waals surface area contributed by atoms with E-state index in [1.807, 2.05) is 30.3 Å². The summed E-state index contributed by atoms with van der Waals surface area (Å²) in [5, 5.41) is 6.28. The third kappa shape index (κ3) is 7.33. The number of primary amides is 1. The number of carbonyl (C=O) groups is 3.